The Morgan fingerprint density at radius 1 is 1.67 bits per heavy atom. The zero-order valence-corrected chi connectivity index (χ0v) is 8.67. The summed E-state index contributed by atoms with van der Waals surface area (Å²) in [5.74, 6) is 1.07. The Balaban J connectivity index is 2.57. The summed E-state index contributed by atoms with van der Waals surface area (Å²) in [5.41, 5.74) is 5.39. The molecule has 0 amide bonds. The van der Waals surface area contributed by atoms with Crippen molar-refractivity contribution in [1.29, 1.82) is 0 Å². The average Bonchev–Trinajstić information content (AvgIpc) is 2.31. The summed E-state index contributed by atoms with van der Waals surface area (Å²) in [7, 11) is 0. The number of nitrogens with zero attached hydrogens (tertiary/aromatic N) is 4. The molecule has 15 heavy (non-hydrogen) atoms. The fourth-order valence-corrected chi connectivity index (χ4v) is 1.20. The van der Waals surface area contributed by atoms with E-state index in [0.29, 0.717) is 13.0 Å². The molecule has 0 radical (unpaired) electrons. The predicted molar refractivity (Wildman–Crippen MR) is 57.9 cm³/mol. The van der Waals surface area contributed by atoms with Crippen molar-refractivity contribution in [1.82, 2.24) is 9.97 Å². The van der Waals surface area contributed by atoms with Crippen LogP contribution in [0.5, 0.6) is 0 Å². The van der Waals surface area contributed by atoms with Gasteiger partial charge in [0.2, 0.25) is 0 Å². The van der Waals surface area contributed by atoms with Crippen LogP contribution >= 0.6 is 0 Å². The Hall–Kier alpha value is -1.85. The molecule has 6 nitrogen and oxygen atoms in total. The summed E-state index contributed by atoms with van der Waals surface area (Å²) in [6.07, 6.45) is 3.70. The SMILES string of the molecule is CCN(CCC(N)=NO)c1ccncn1. The van der Waals surface area contributed by atoms with Gasteiger partial charge in [-0.1, -0.05) is 5.16 Å². The maximum Gasteiger partial charge on any atom is 0.140 e. The van der Waals surface area contributed by atoms with E-state index in [1.54, 1.807) is 6.20 Å². The fourth-order valence-electron chi connectivity index (χ4n) is 1.20. The van der Waals surface area contributed by atoms with E-state index in [1.807, 2.05) is 17.9 Å². The molecule has 1 aromatic heterocycles. The highest BCUT2D eigenvalue weighted by atomic mass is 16.4. The molecule has 82 valence electrons. The summed E-state index contributed by atoms with van der Waals surface area (Å²) in [4.78, 5) is 10.0. The Kier molecular flexibility index (Phi) is 4.33. The molecule has 0 saturated heterocycles. The van der Waals surface area contributed by atoms with Crippen LogP contribution in [0.2, 0.25) is 0 Å². The van der Waals surface area contributed by atoms with E-state index >= 15 is 0 Å². The third-order valence-corrected chi connectivity index (χ3v) is 2.04. The summed E-state index contributed by atoms with van der Waals surface area (Å²) < 4.78 is 0. The van der Waals surface area contributed by atoms with Gasteiger partial charge in [0.25, 0.3) is 0 Å². The number of anilines is 1. The van der Waals surface area contributed by atoms with Gasteiger partial charge in [0, 0.05) is 25.7 Å². The summed E-state index contributed by atoms with van der Waals surface area (Å²) in [6.45, 7) is 3.51. The highest BCUT2D eigenvalue weighted by Crippen LogP contribution is 2.07. The monoisotopic (exact) mass is 209 g/mol. The second-order valence-corrected chi connectivity index (χ2v) is 2.99. The van der Waals surface area contributed by atoms with E-state index in [9.17, 15) is 0 Å². The number of hydrogen-bond acceptors (Lipinski definition) is 5. The van der Waals surface area contributed by atoms with Gasteiger partial charge < -0.3 is 15.8 Å². The van der Waals surface area contributed by atoms with E-state index < -0.39 is 0 Å². The third-order valence-electron chi connectivity index (χ3n) is 2.04. The highest BCUT2D eigenvalue weighted by Gasteiger charge is 2.05. The largest absolute Gasteiger partial charge is 0.409 e. The molecule has 0 aliphatic carbocycles. The lowest BCUT2D eigenvalue weighted by Gasteiger charge is -2.20. The van der Waals surface area contributed by atoms with Crippen molar-refractivity contribution in [2.45, 2.75) is 13.3 Å². The van der Waals surface area contributed by atoms with Crippen LogP contribution in [0.1, 0.15) is 13.3 Å². The van der Waals surface area contributed by atoms with Gasteiger partial charge in [-0.15, -0.1) is 0 Å². The van der Waals surface area contributed by atoms with Crippen LogP contribution in [-0.2, 0) is 0 Å². The van der Waals surface area contributed by atoms with Gasteiger partial charge in [0.15, 0.2) is 0 Å². The number of aromatic nitrogens is 2. The minimum absolute atomic E-state index is 0.225. The lowest BCUT2D eigenvalue weighted by molar-refractivity contribution is 0.317. The van der Waals surface area contributed by atoms with Crippen molar-refractivity contribution in [2.24, 2.45) is 10.9 Å². The molecule has 1 rings (SSSR count). The molecule has 0 atom stereocenters. The van der Waals surface area contributed by atoms with Crippen LogP contribution in [0.3, 0.4) is 0 Å². The van der Waals surface area contributed by atoms with Crippen LogP contribution in [0.15, 0.2) is 23.7 Å². The average molecular weight is 209 g/mol. The van der Waals surface area contributed by atoms with Gasteiger partial charge in [-0.2, -0.15) is 0 Å². The topological polar surface area (TPSA) is 87.6 Å². The smallest absolute Gasteiger partial charge is 0.140 e. The molecule has 0 aliphatic heterocycles. The van der Waals surface area contributed by atoms with Gasteiger partial charge in [0.05, 0.1) is 0 Å². The zero-order chi connectivity index (χ0) is 11.1. The molecule has 0 saturated carbocycles. The van der Waals surface area contributed by atoms with Crippen molar-refractivity contribution in [2.75, 3.05) is 18.0 Å². The lowest BCUT2D eigenvalue weighted by atomic mass is 10.3. The maximum atomic E-state index is 8.41. The van der Waals surface area contributed by atoms with Crippen molar-refractivity contribution in [3.63, 3.8) is 0 Å². The van der Waals surface area contributed by atoms with E-state index in [2.05, 4.69) is 15.1 Å². The third kappa shape index (κ3) is 3.41. The Morgan fingerprint density at radius 3 is 3.00 bits per heavy atom. The number of oxime groups is 1. The first-order valence-corrected chi connectivity index (χ1v) is 4.75. The fraction of sp³-hybridized carbons (Fsp3) is 0.444. The van der Waals surface area contributed by atoms with Crippen molar-refractivity contribution in [3.8, 4) is 0 Å². The molecular weight excluding hydrogens is 194 g/mol. The molecule has 6 heteroatoms. The highest BCUT2D eigenvalue weighted by molar-refractivity contribution is 5.80. The predicted octanol–water partition coefficient (Wildman–Crippen LogP) is 0.439. The molecule has 0 aliphatic rings. The Bertz CT molecular complexity index is 314. The van der Waals surface area contributed by atoms with Crippen LogP contribution in [-0.4, -0.2) is 34.1 Å². The second-order valence-electron chi connectivity index (χ2n) is 2.99. The number of rotatable bonds is 5. The van der Waals surface area contributed by atoms with Crippen LogP contribution in [0, 0.1) is 0 Å². The van der Waals surface area contributed by atoms with Crippen LogP contribution in [0.25, 0.3) is 0 Å². The van der Waals surface area contributed by atoms with Gasteiger partial charge in [-0.05, 0) is 13.0 Å². The molecule has 1 aromatic rings. The van der Waals surface area contributed by atoms with Gasteiger partial charge >= 0.3 is 0 Å². The normalized spacial score (nSPS) is 11.4. The molecule has 0 aromatic carbocycles. The standard InChI is InChI=1S/C9H15N5O/c1-2-14(6-4-8(10)13-15)9-3-5-11-7-12-9/h3,5,7,15H,2,4,6H2,1H3,(H2,10,13). The van der Waals surface area contributed by atoms with Gasteiger partial charge in [-0.25, -0.2) is 9.97 Å². The molecule has 3 N–H and O–H groups in total. The summed E-state index contributed by atoms with van der Waals surface area (Å²) in [6, 6.07) is 1.83. The van der Waals surface area contributed by atoms with Crippen LogP contribution < -0.4 is 10.6 Å². The Morgan fingerprint density at radius 2 is 2.47 bits per heavy atom. The second kappa shape index (κ2) is 5.79. The first-order valence-electron chi connectivity index (χ1n) is 4.75. The number of amidine groups is 1. The molecular formula is C9H15N5O. The minimum Gasteiger partial charge on any atom is -0.409 e. The molecule has 1 heterocycles. The van der Waals surface area contributed by atoms with Gasteiger partial charge in [-0.3, -0.25) is 0 Å². The molecule has 0 fully saturated rings. The van der Waals surface area contributed by atoms with Gasteiger partial charge in [0.1, 0.15) is 18.0 Å². The first-order chi connectivity index (χ1) is 7.27. The maximum absolute atomic E-state index is 8.41. The molecule has 0 unspecified atom stereocenters. The Labute approximate surface area is 88.4 Å². The van der Waals surface area contributed by atoms with Crippen molar-refractivity contribution in [3.05, 3.63) is 18.6 Å². The van der Waals surface area contributed by atoms with Crippen LogP contribution in [0.4, 0.5) is 5.82 Å². The first kappa shape index (κ1) is 11.2. The quantitative estimate of drug-likeness (QED) is 0.318. The molecule has 0 bridgehead atoms. The zero-order valence-electron chi connectivity index (χ0n) is 8.67. The number of nitrogens with two attached hydrogens (primary N) is 1. The van der Waals surface area contributed by atoms with E-state index in [0.717, 1.165) is 12.4 Å². The summed E-state index contributed by atoms with van der Waals surface area (Å²) in [5, 5.41) is 11.3. The van der Waals surface area contributed by atoms with E-state index in [4.69, 9.17) is 10.9 Å². The minimum atomic E-state index is 0.225. The van der Waals surface area contributed by atoms with E-state index in [1.165, 1.54) is 6.33 Å². The van der Waals surface area contributed by atoms with Crippen molar-refractivity contribution >= 4 is 11.7 Å². The number of hydrogen-bond donors (Lipinski definition) is 2. The lowest BCUT2D eigenvalue weighted by Crippen LogP contribution is -2.28. The molecule has 0 spiro atoms. The summed E-state index contributed by atoms with van der Waals surface area (Å²) >= 11 is 0. The van der Waals surface area contributed by atoms with Crippen molar-refractivity contribution < 1.29 is 5.21 Å². The van der Waals surface area contributed by atoms with E-state index in [-0.39, 0.29) is 5.84 Å².